The van der Waals surface area contributed by atoms with Crippen LogP contribution >= 0.6 is 11.6 Å². The molecule has 0 radical (unpaired) electrons. The summed E-state index contributed by atoms with van der Waals surface area (Å²) in [5.74, 6) is 0.746. The topological polar surface area (TPSA) is 99.8 Å². The third-order valence-electron chi connectivity index (χ3n) is 4.13. The number of amides is 1. The Labute approximate surface area is 175 Å². The van der Waals surface area contributed by atoms with Crippen LogP contribution in [0.25, 0.3) is 5.65 Å². The third kappa shape index (κ3) is 4.11. The lowest BCUT2D eigenvalue weighted by Gasteiger charge is -2.06. The van der Waals surface area contributed by atoms with Crippen molar-refractivity contribution < 1.29 is 14.3 Å². The van der Waals surface area contributed by atoms with E-state index in [0.717, 1.165) is 4.68 Å². The summed E-state index contributed by atoms with van der Waals surface area (Å²) in [6.07, 6.45) is 2.86. The molecule has 2 aromatic carbocycles. The van der Waals surface area contributed by atoms with E-state index < -0.39 is 11.6 Å². The van der Waals surface area contributed by atoms with Crippen molar-refractivity contribution in [2.45, 2.75) is 6.54 Å². The molecule has 4 aromatic rings. The average Bonchev–Trinajstić information content (AvgIpc) is 3.05. The first-order valence-electron chi connectivity index (χ1n) is 8.85. The number of carbonyl (C=O) groups excluding carboxylic acids is 1. The minimum absolute atomic E-state index is 0.115. The highest BCUT2D eigenvalue weighted by atomic mass is 35.5. The Kier molecular flexibility index (Phi) is 5.36. The van der Waals surface area contributed by atoms with Crippen molar-refractivity contribution in [3.05, 3.63) is 76.4 Å². The summed E-state index contributed by atoms with van der Waals surface area (Å²) >= 11 is 5.97. The molecule has 0 saturated carbocycles. The van der Waals surface area contributed by atoms with Crippen LogP contribution < -0.4 is 20.5 Å². The van der Waals surface area contributed by atoms with Gasteiger partial charge in [0, 0.05) is 29.2 Å². The molecule has 0 unspecified atom stereocenters. The Bertz CT molecular complexity index is 1280. The first-order chi connectivity index (χ1) is 14.5. The van der Waals surface area contributed by atoms with Crippen molar-refractivity contribution in [1.82, 2.24) is 19.2 Å². The minimum atomic E-state index is -0.496. The molecule has 0 saturated heterocycles. The highest BCUT2D eigenvalue weighted by molar-refractivity contribution is 6.30. The molecule has 0 aliphatic heterocycles. The first kappa shape index (κ1) is 19.5. The van der Waals surface area contributed by atoms with Gasteiger partial charge in [-0.05, 0) is 30.3 Å². The van der Waals surface area contributed by atoms with Gasteiger partial charge in [-0.2, -0.15) is 0 Å². The van der Waals surface area contributed by atoms with E-state index in [-0.39, 0.29) is 18.1 Å². The van der Waals surface area contributed by atoms with Crippen LogP contribution in [-0.4, -0.2) is 32.2 Å². The minimum Gasteiger partial charge on any atom is -0.497 e. The van der Waals surface area contributed by atoms with Crippen LogP contribution in [0.1, 0.15) is 0 Å². The zero-order valence-electron chi connectivity index (χ0n) is 15.8. The maximum absolute atomic E-state index is 12.6. The monoisotopic (exact) mass is 425 g/mol. The maximum atomic E-state index is 12.6. The summed E-state index contributed by atoms with van der Waals surface area (Å²) < 4.78 is 13.1. The summed E-state index contributed by atoms with van der Waals surface area (Å²) in [4.78, 5) is 29.2. The standard InChI is InChI=1S/C20H16ClN5O4/c1-29-15-6-3-5-14(11-15)23-17(27)12-26-20(28)25-9-8-22-19(18(25)24-26)30-16-7-2-4-13(21)10-16/h2-11H,12H2,1H3,(H,23,27). The van der Waals surface area contributed by atoms with E-state index in [9.17, 15) is 9.59 Å². The lowest BCUT2D eigenvalue weighted by molar-refractivity contribution is -0.117. The van der Waals surface area contributed by atoms with Crippen molar-refractivity contribution in [1.29, 1.82) is 0 Å². The van der Waals surface area contributed by atoms with E-state index in [2.05, 4.69) is 15.4 Å². The molecule has 0 spiro atoms. The number of carbonyl (C=O) groups is 1. The van der Waals surface area contributed by atoms with Gasteiger partial charge in [-0.1, -0.05) is 23.7 Å². The van der Waals surface area contributed by atoms with Crippen LogP contribution in [0.2, 0.25) is 5.02 Å². The summed E-state index contributed by atoms with van der Waals surface area (Å²) in [6, 6.07) is 13.7. The van der Waals surface area contributed by atoms with Gasteiger partial charge in [-0.3, -0.25) is 4.79 Å². The highest BCUT2D eigenvalue weighted by Crippen LogP contribution is 2.24. The zero-order chi connectivity index (χ0) is 21.1. The molecule has 2 aromatic heterocycles. The second kappa shape index (κ2) is 8.26. The van der Waals surface area contributed by atoms with Gasteiger partial charge in [-0.15, -0.1) is 5.10 Å². The molecule has 0 bridgehead atoms. The number of hydrogen-bond acceptors (Lipinski definition) is 6. The molecule has 1 N–H and O–H groups in total. The molecule has 152 valence electrons. The predicted molar refractivity (Wildman–Crippen MR) is 110 cm³/mol. The fourth-order valence-electron chi connectivity index (χ4n) is 2.78. The number of aromatic nitrogens is 4. The molecule has 10 heteroatoms. The number of hydrogen-bond donors (Lipinski definition) is 1. The van der Waals surface area contributed by atoms with Crippen molar-refractivity contribution >= 4 is 28.8 Å². The number of halogens is 1. The largest absolute Gasteiger partial charge is 0.497 e. The highest BCUT2D eigenvalue weighted by Gasteiger charge is 2.16. The second-order valence-electron chi connectivity index (χ2n) is 6.21. The average molecular weight is 426 g/mol. The third-order valence-corrected chi connectivity index (χ3v) is 4.36. The van der Waals surface area contributed by atoms with Crippen molar-refractivity contribution in [2.75, 3.05) is 12.4 Å². The Balaban J connectivity index is 1.58. The molecule has 4 rings (SSSR count). The molecular weight excluding hydrogens is 410 g/mol. The van der Waals surface area contributed by atoms with Gasteiger partial charge >= 0.3 is 5.69 Å². The van der Waals surface area contributed by atoms with Crippen LogP contribution in [0.15, 0.2) is 65.7 Å². The molecule has 0 aliphatic carbocycles. The lowest BCUT2D eigenvalue weighted by atomic mass is 10.3. The quantitative estimate of drug-likeness (QED) is 0.509. The van der Waals surface area contributed by atoms with E-state index >= 15 is 0 Å². The molecule has 2 heterocycles. The first-order valence-corrected chi connectivity index (χ1v) is 9.23. The zero-order valence-corrected chi connectivity index (χ0v) is 16.5. The van der Waals surface area contributed by atoms with Crippen LogP contribution in [0, 0.1) is 0 Å². The number of nitrogens with zero attached hydrogens (tertiary/aromatic N) is 4. The van der Waals surface area contributed by atoms with Crippen molar-refractivity contribution in [3.8, 4) is 17.4 Å². The lowest BCUT2D eigenvalue weighted by Crippen LogP contribution is -2.28. The van der Waals surface area contributed by atoms with Gasteiger partial charge in [0.1, 0.15) is 18.0 Å². The summed E-state index contributed by atoms with van der Waals surface area (Å²) in [7, 11) is 1.54. The Morgan fingerprint density at radius 3 is 2.77 bits per heavy atom. The second-order valence-corrected chi connectivity index (χ2v) is 6.64. The Morgan fingerprint density at radius 1 is 1.17 bits per heavy atom. The number of methoxy groups -OCH3 is 1. The summed E-state index contributed by atoms with van der Waals surface area (Å²) in [5, 5.41) is 7.41. The van der Waals surface area contributed by atoms with Crippen molar-refractivity contribution in [3.63, 3.8) is 0 Å². The fourth-order valence-corrected chi connectivity index (χ4v) is 2.96. The van der Waals surface area contributed by atoms with E-state index in [1.54, 1.807) is 48.5 Å². The van der Waals surface area contributed by atoms with Crippen LogP contribution in [0.5, 0.6) is 17.4 Å². The van der Waals surface area contributed by atoms with Gasteiger partial charge < -0.3 is 14.8 Å². The summed E-state index contributed by atoms with van der Waals surface area (Å²) in [5.41, 5.74) is 0.226. The number of anilines is 1. The molecule has 0 fully saturated rings. The van der Waals surface area contributed by atoms with Crippen molar-refractivity contribution in [2.24, 2.45) is 0 Å². The Morgan fingerprint density at radius 2 is 1.97 bits per heavy atom. The molecule has 0 aliphatic rings. The van der Waals surface area contributed by atoms with Gasteiger partial charge in [0.15, 0.2) is 0 Å². The van der Waals surface area contributed by atoms with E-state index in [1.807, 2.05) is 0 Å². The molecule has 1 amide bonds. The predicted octanol–water partition coefficient (Wildman–Crippen LogP) is 2.98. The summed E-state index contributed by atoms with van der Waals surface area (Å²) in [6.45, 7) is -0.283. The number of nitrogens with one attached hydrogen (secondary N) is 1. The SMILES string of the molecule is COc1cccc(NC(=O)Cn2nc3c(Oc4cccc(Cl)c4)nccn3c2=O)c1. The van der Waals surface area contributed by atoms with E-state index in [0.29, 0.717) is 22.2 Å². The van der Waals surface area contributed by atoms with Gasteiger partial charge in [0.2, 0.25) is 11.6 Å². The van der Waals surface area contributed by atoms with Crippen LogP contribution in [0.3, 0.4) is 0 Å². The van der Waals surface area contributed by atoms with Gasteiger partial charge in [0.05, 0.1) is 7.11 Å². The van der Waals surface area contributed by atoms with Gasteiger partial charge in [-0.25, -0.2) is 18.9 Å². The van der Waals surface area contributed by atoms with Crippen LogP contribution in [0.4, 0.5) is 5.69 Å². The molecule has 30 heavy (non-hydrogen) atoms. The van der Waals surface area contributed by atoms with E-state index in [1.165, 1.54) is 23.9 Å². The normalized spacial score (nSPS) is 10.7. The molecular formula is C20H16ClN5O4. The number of ether oxygens (including phenoxy) is 2. The number of fused-ring (bicyclic) bond motifs is 1. The van der Waals surface area contributed by atoms with Gasteiger partial charge in [0.25, 0.3) is 5.88 Å². The molecule has 0 atom stereocenters. The number of rotatable bonds is 6. The fraction of sp³-hybridized carbons (Fsp3) is 0.100. The number of benzene rings is 2. The smallest absolute Gasteiger partial charge is 0.351 e. The van der Waals surface area contributed by atoms with Crippen LogP contribution in [-0.2, 0) is 11.3 Å². The maximum Gasteiger partial charge on any atom is 0.351 e. The Hall–Kier alpha value is -3.85. The molecule has 9 nitrogen and oxygen atoms in total. The van der Waals surface area contributed by atoms with E-state index in [4.69, 9.17) is 21.1 Å².